The van der Waals surface area contributed by atoms with Crippen LogP contribution in [0.3, 0.4) is 0 Å². The van der Waals surface area contributed by atoms with Gasteiger partial charge < -0.3 is 9.84 Å². The fraction of sp³-hybridized carbons (Fsp3) is 1.00. The summed E-state index contributed by atoms with van der Waals surface area (Å²) in [6.07, 6.45) is -0.645. The zero-order valence-corrected chi connectivity index (χ0v) is 9.59. The van der Waals surface area contributed by atoms with E-state index in [1.54, 1.807) is 0 Å². The van der Waals surface area contributed by atoms with Gasteiger partial charge in [-0.1, -0.05) is 0 Å². The molecule has 2 N–H and O–H groups in total. The Balaban J connectivity index is 3.89. The first kappa shape index (κ1) is 12.9. The van der Waals surface area contributed by atoms with E-state index in [0.717, 1.165) is 0 Å². The molecule has 0 saturated carbocycles. The lowest BCUT2D eigenvalue weighted by Crippen LogP contribution is -2.49. The predicted octanol–water partition coefficient (Wildman–Crippen LogP) is 1.51. The summed E-state index contributed by atoms with van der Waals surface area (Å²) >= 11 is 0. The van der Waals surface area contributed by atoms with Crippen molar-refractivity contribution < 1.29 is 9.84 Å². The summed E-state index contributed by atoms with van der Waals surface area (Å²) in [5, 5.41) is 12.7. The molecule has 3 nitrogen and oxygen atoms in total. The Hall–Kier alpha value is -0.120. The first-order valence-electron chi connectivity index (χ1n) is 4.83. The average molecular weight is 189 g/mol. The van der Waals surface area contributed by atoms with E-state index in [1.807, 2.05) is 41.5 Å². The smallest absolute Gasteiger partial charge is 0.131 e. The van der Waals surface area contributed by atoms with Gasteiger partial charge in [-0.3, -0.25) is 5.32 Å². The maximum atomic E-state index is 9.67. The molecule has 2 atom stereocenters. The lowest BCUT2D eigenvalue weighted by Gasteiger charge is -2.29. The monoisotopic (exact) mass is 189 g/mol. The van der Waals surface area contributed by atoms with Gasteiger partial charge >= 0.3 is 0 Å². The van der Waals surface area contributed by atoms with Gasteiger partial charge in [0.05, 0.1) is 12.2 Å². The van der Waals surface area contributed by atoms with Crippen molar-refractivity contribution in [1.82, 2.24) is 5.32 Å². The zero-order chi connectivity index (χ0) is 10.6. The van der Waals surface area contributed by atoms with Crippen LogP contribution >= 0.6 is 0 Å². The first-order valence-corrected chi connectivity index (χ1v) is 4.83. The van der Waals surface area contributed by atoms with Gasteiger partial charge in [-0.2, -0.15) is 0 Å². The highest BCUT2D eigenvalue weighted by atomic mass is 16.5. The Bertz CT molecular complexity index is 140. The van der Waals surface area contributed by atoms with Crippen LogP contribution in [0.1, 0.15) is 41.5 Å². The Kier molecular flexibility index (Phi) is 4.89. The third-order valence-corrected chi connectivity index (χ3v) is 1.51. The average Bonchev–Trinajstić information content (AvgIpc) is 1.81. The summed E-state index contributed by atoms with van der Waals surface area (Å²) in [5.74, 6) is 0. The highest BCUT2D eigenvalue weighted by Gasteiger charge is 2.21. The van der Waals surface area contributed by atoms with Crippen molar-refractivity contribution in [3.63, 3.8) is 0 Å². The second-order valence-electron chi connectivity index (χ2n) is 4.73. The van der Waals surface area contributed by atoms with Gasteiger partial charge in [0.15, 0.2) is 0 Å². The molecule has 0 amide bonds. The SMILES string of the molecule is CC(C)OC(C)C(O)NC(C)(C)C. The van der Waals surface area contributed by atoms with Crippen LogP contribution in [0.2, 0.25) is 0 Å². The van der Waals surface area contributed by atoms with Crippen LogP contribution in [-0.2, 0) is 4.74 Å². The number of hydrogen-bond acceptors (Lipinski definition) is 3. The van der Waals surface area contributed by atoms with Crippen LogP contribution in [0, 0.1) is 0 Å². The number of aliphatic hydroxyl groups excluding tert-OH is 1. The van der Waals surface area contributed by atoms with Crippen LogP contribution in [0.15, 0.2) is 0 Å². The molecule has 0 aromatic heterocycles. The molecule has 0 saturated heterocycles. The van der Waals surface area contributed by atoms with Gasteiger partial charge in [0.25, 0.3) is 0 Å². The minimum absolute atomic E-state index is 0.0893. The quantitative estimate of drug-likeness (QED) is 0.659. The second kappa shape index (κ2) is 4.94. The molecule has 0 radical (unpaired) electrons. The molecule has 0 rings (SSSR count). The largest absolute Gasteiger partial charge is 0.376 e. The van der Waals surface area contributed by atoms with Gasteiger partial charge in [0.2, 0.25) is 0 Å². The van der Waals surface area contributed by atoms with Crippen molar-refractivity contribution in [2.24, 2.45) is 0 Å². The third-order valence-electron chi connectivity index (χ3n) is 1.51. The Morgan fingerprint density at radius 1 is 1.15 bits per heavy atom. The first-order chi connectivity index (χ1) is 5.72. The zero-order valence-electron chi connectivity index (χ0n) is 9.59. The molecule has 0 aromatic carbocycles. The lowest BCUT2D eigenvalue weighted by molar-refractivity contribution is -0.0746. The van der Waals surface area contributed by atoms with E-state index < -0.39 is 6.23 Å². The number of hydrogen-bond donors (Lipinski definition) is 2. The minimum atomic E-state index is -0.609. The molecular formula is C10H23NO2. The summed E-state index contributed by atoms with van der Waals surface area (Å²) < 4.78 is 5.45. The molecule has 0 bridgehead atoms. The molecule has 0 spiro atoms. The van der Waals surface area contributed by atoms with E-state index in [-0.39, 0.29) is 17.7 Å². The standard InChI is InChI=1S/C10H23NO2/c1-7(2)13-8(3)9(12)11-10(4,5)6/h7-9,11-12H,1-6H3. The predicted molar refractivity (Wildman–Crippen MR) is 54.6 cm³/mol. The van der Waals surface area contributed by atoms with Crippen molar-refractivity contribution in [1.29, 1.82) is 0 Å². The Morgan fingerprint density at radius 2 is 1.62 bits per heavy atom. The molecule has 2 unspecified atom stereocenters. The highest BCUT2D eigenvalue weighted by Crippen LogP contribution is 2.06. The van der Waals surface area contributed by atoms with E-state index in [2.05, 4.69) is 5.32 Å². The van der Waals surface area contributed by atoms with Crippen LogP contribution < -0.4 is 5.32 Å². The highest BCUT2D eigenvalue weighted by molar-refractivity contribution is 4.75. The molecule has 0 aliphatic carbocycles. The van der Waals surface area contributed by atoms with Gasteiger partial charge in [-0.15, -0.1) is 0 Å². The summed E-state index contributed by atoms with van der Waals surface area (Å²) in [4.78, 5) is 0. The minimum Gasteiger partial charge on any atom is -0.376 e. The van der Waals surface area contributed by atoms with Crippen LogP contribution in [0.25, 0.3) is 0 Å². The summed E-state index contributed by atoms with van der Waals surface area (Å²) in [5.41, 5.74) is -0.0893. The molecule has 13 heavy (non-hydrogen) atoms. The van der Waals surface area contributed by atoms with Gasteiger partial charge in [-0.25, -0.2) is 0 Å². The maximum Gasteiger partial charge on any atom is 0.131 e. The lowest BCUT2D eigenvalue weighted by atomic mass is 10.1. The van der Waals surface area contributed by atoms with E-state index in [0.29, 0.717) is 0 Å². The van der Waals surface area contributed by atoms with E-state index in [4.69, 9.17) is 4.74 Å². The number of aliphatic hydroxyl groups is 1. The van der Waals surface area contributed by atoms with Crippen molar-refractivity contribution in [3.8, 4) is 0 Å². The Labute approximate surface area is 81.5 Å². The van der Waals surface area contributed by atoms with E-state index in [9.17, 15) is 5.11 Å². The molecule has 0 aromatic rings. The molecule has 3 heteroatoms. The second-order valence-corrected chi connectivity index (χ2v) is 4.73. The van der Waals surface area contributed by atoms with E-state index in [1.165, 1.54) is 0 Å². The normalized spacial score (nSPS) is 17.5. The van der Waals surface area contributed by atoms with Gasteiger partial charge in [0.1, 0.15) is 6.23 Å². The third kappa shape index (κ3) is 6.99. The molecule has 0 aliphatic rings. The molecule has 0 aliphatic heterocycles. The van der Waals surface area contributed by atoms with Crippen molar-refractivity contribution in [2.45, 2.75) is 65.5 Å². The molecule has 80 valence electrons. The van der Waals surface area contributed by atoms with Gasteiger partial charge in [-0.05, 0) is 41.5 Å². The van der Waals surface area contributed by atoms with Crippen molar-refractivity contribution in [2.75, 3.05) is 0 Å². The Morgan fingerprint density at radius 3 is 1.92 bits per heavy atom. The molecular weight excluding hydrogens is 166 g/mol. The fourth-order valence-electron chi connectivity index (χ4n) is 1.06. The molecule has 0 heterocycles. The van der Waals surface area contributed by atoms with Crippen LogP contribution in [0.5, 0.6) is 0 Å². The van der Waals surface area contributed by atoms with Crippen LogP contribution in [0.4, 0.5) is 0 Å². The van der Waals surface area contributed by atoms with E-state index >= 15 is 0 Å². The summed E-state index contributed by atoms with van der Waals surface area (Å²) in [6, 6.07) is 0. The summed E-state index contributed by atoms with van der Waals surface area (Å²) in [7, 11) is 0. The van der Waals surface area contributed by atoms with Crippen LogP contribution in [-0.4, -0.2) is 29.1 Å². The maximum absolute atomic E-state index is 9.67. The number of rotatable bonds is 4. The molecule has 0 fully saturated rings. The van der Waals surface area contributed by atoms with Gasteiger partial charge in [0, 0.05) is 5.54 Å². The number of ether oxygens (including phenoxy) is 1. The van der Waals surface area contributed by atoms with Crippen molar-refractivity contribution in [3.05, 3.63) is 0 Å². The summed E-state index contributed by atoms with van der Waals surface area (Å²) in [6.45, 7) is 11.8. The number of nitrogens with one attached hydrogen (secondary N) is 1. The topological polar surface area (TPSA) is 41.5 Å². The van der Waals surface area contributed by atoms with Crippen molar-refractivity contribution >= 4 is 0 Å². The fourth-order valence-corrected chi connectivity index (χ4v) is 1.06.